The first-order valence-corrected chi connectivity index (χ1v) is 4.40. The molecule has 0 aliphatic heterocycles. The molecule has 1 aromatic rings. The zero-order chi connectivity index (χ0) is 10.4. The van der Waals surface area contributed by atoms with Crippen LogP contribution in [-0.4, -0.2) is 17.2 Å². The number of aromatic nitrogens is 1. The fourth-order valence-electron chi connectivity index (χ4n) is 1.10. The smallest absolute Gasteiger partial charge is 0.213 e. The highest BCUT2D eigenvalue weighted by Crippen LogP contribution is 2.18. The third-order valence-corrected chi connectivity index (χ3v) is 1.86. The average molecular weight is 191 g/mol. The summed E-state index contributed by atoms with van der Waals surface area (Å²) < 4.78 is 4.95. The molecule has 1 rings (SSSR count). The molecule has 1 atom stereocenters. The third kappa shape index (κ3) is 2.75. The molecule has 0 bridgehead atoms. The van der Waals surface area contributed by atoms with Crippen molar-refractivity contribution in [3.8, 4) is 18.2 Å². The van der Waals surface area contributed by atoms with Gasteiger partial charge in [0.1, 0.15) is 0 Å². The minimum Gasteiger partial charge on any atom is -0.481 e. The Labute approximate surface area is 83.7 Å². The zero-order valence-electron chi connectivity index (χ0n) is 8.10. The minimum absolute atomic E-state index is 0.502. The predicted molar refractivity (Wildman–Crippen MR) is 53.8 cm³/mol. The van der Waals surface area contributed by atoms with Gasteiger partial charge in [0, 0.05) is 12.5 Å². The quantitative estimate of drug-likeness (QED) is 0.734. The van der Waals surface area contributed by atoms with Crippen LogP contribution in [0.2, 0.25) is 0 Å². The molecule has 0 aliphatic rings. The van der Waals surface area contributed by atoms with Crippen molar-refractivity contribution in [2.75, 3.05) is 7.11 Å². The molecule has 0 aliphatic carbocycles. The molecule has 0 saturated heterocycles. The number of aliphatic hydroxyl groups excluding tert-OH is 1. The van der Waals surface area contributed by atoms with Crippen molar-refractivity contribution in [3.05, 3.63) is 23.9 Å². The molecule has 14 heavy (non-hydrogen) atoms. The van der Waals surface area contributed by atoms with Crippen LogP contribution < -0.4 is 4.74 Å². The Balaban J connectivity index is 2.70. The van der Waals surface area contributed by atoms with E-state index in [1.807, 2.05) is 0 Å². The van der Waals surface area contributed by atoms with Gasteiger partial charge in [-0.2, -0.15) is 0 Å². The molecule has 0 fully saturated rings. The summed E-state index contributed by atoms with van der Waals surface area (Å²) in [5, 5.41) is 9.66. The fraction of sp³-hybridized carbons (Fsp3) is 0.364. The van der Waals surface area contributed by atoms with E-state index in [0.29, 0.717) is 24.4 Å². The highest BCUT2D eigenvalue weighted by atomic mass is 16.5. The second kappa shape index (κ2) is 5.25. The molecular formula is C11H13NO2. The molecule has 0 amide bonds. The van der Waals surface area contributed by atoms with Crippen LogP contribution in [0.15, 0.2) is 18.2 Å². The van der Waals surface area contributed by atoms with E-state index in [2.05, 4.69) is 10.9 Å². The maximum Gasteiger partial charge on any atom is 0.213 e. The van der Waals surface area contributed by atoms with Crippen molar-refractivity contribution in [2.45, 2.75) is 18.9 Å². The van der Waals surface area contributed by atoms with Gasteiger partial charge in [0.05, 0.1) is 18.9 Å². The lowest BCUT2D eigenvalue weighted by Crippen LogP contribution is -2.01. The third-order valence-electron chi connectivity index (χ3n) is 1.86. The lowest BCUT2D eigenvalue weighted by Gasteiger charge is -2.08. The summed E-state index contributed by atoms with van der Waals surface area (Å²) in [6.07, 6.45) is 5.56. The summed E-state index contributed by atoms with van der Waals surface area (Å²) in [4.78, 5) is 4.10. The number of pyridine rings is 1. The number of nitrogens with zero attached hydrogens (tertiary/aromatic N) is 1. The Hall–Kier alpha value is -1.53. The van der Waals surface area contributed by atoms with Gasteiger partial charge in [-0.1, -0.05) is 6.07 Å². The lowest BCUT2D eigenvalue weighted by molar-refractivity contribution is 0.163. The second-order valence-electron chi connectivity index (χ2n) is 2.86. The normalized spacial score (nSPS) is 11.8. The maximum absolute atomic E-state index is 9.66. The first-order valence-electron chi connectivity index (χ1n) is 4.40. The monoisotopic (exact) mass is 191 g/mol. The van der Waals surface area contributed by atoms with Gasteiger partial charge in [-0.3, -0.25) is 0 Å². The lowest BCUT2D eigenvalue weighted by atomic mass is 10.1. The molecule has 1 aromatic heterocycles. The van der Waals surface area contributed by atoms with Crippen molar-refractivity contribution < 1.29 is 9.84 Å². The van der Waals surface area contributed by atoms with Gasteiger partial charge in [0.15, 0.2) is 0 Å². The van der Waals surface area contributed by atoms with Crippen molar-refractivity contribution in [3.63, 3.8) is 0 Å². The minimum atomic E-state index is -0.610. The van der Waals surface area contributed by atoms with Gasteiger partial charge in [-0.05, 0) is 12.5 Å². The van der Waals surface area contributed by atoms with Gasteiger partial charge < -0.3 is 9.84 Å². The largest absolute Gasteiger partial charge is 0.481 e. The van der Waals surface area contributed by atoms with Crippen LogP contribution in [0, 0.1) is 12.3 Å². The van der Waals surface area contributed by atoms with E-state index >= 15 is 0 Å². The molecular weight excluding hydrogens is 178 g/mol. The molecule has 0 radical (unpaired) electrons. The van der Waals surface area contributed by atoms with Gasteiger partial charge in [0.25, 0.3) is 0 Å². The number of methoxy groups -OCH3 is 1. The zero-order valence-corrected chi connectivity index (χ0v) is 8.10. The van der Waals surface area contributed by atoms with Crippen LogP contribution >= 0.6 is 0 Å². The Morgan fingerprint density at radius 1 is 1.64 bits per heavy atom. The van der Waals surface area contributed by atoms with E-state index in [9.17, 15) is 5.11 Å². The van der Waals surface area contributed by atoms with Crippen LogP contribution in [-0.2, 0) is 0 Å². The van der Waals surface area contributed by atoms with Crippen molar-refractivity contribution in [1.29, 1.82) is 0 Å². The number of hydrogen-bond donors (Lipinski definition) is 1. The SMILES string of the molecule is C#CCCC(O)c1cccc(OC)n1. The van der Waals surface area contributed by atoms with Crippen LogP contribution in [0.1, 0.15) is 24.6 Å². The molecule has 3 nitrogen and oxygen atoms in total. The number of terminal acetylenes is 1. The van der Waals surface area contributed by atoms with E-state index < -0.39 is 6.10 Å². The van der Waals surface area contributed by atoms with E-state index in [-0.39, 0.29) is 0 Å². The molecule has 1 unspecified atom stereocenters. The topological polar surface area (TPSA) is 42.4 Å². The number of aliphatic hydroxyl groups is 1. The number of hydrogen-bond acceptors (Lipinski definition) is 3. The molecule has 0 saturated carbocycles. The molecule has 0 spiro atoms. The Morgan fingerprint density at radius 3 is 3.07 bits per heavy atom. The Bertz CT molecular complexity index is 330. The van der Waals surface area contributed by atoms with Crippen LogP contribution in [0.3, 0.4) is 0 Å². The van der Waals surface area contributed by atoms with Crippen molar-refractivity contribution in [1.82, 2.24) is 4.98 Å². The van der Waals surface area contributed by atoms with E-state index in [4.69, 9.17) is 11.2 Å². The summed E-state index contributed by atoms with van der Waals surface area (Å²) in [7, 11) is 1.54. The van der Waals surface area contributed by atoms with E-state index in [1.54, 1.807) is 25.3 Å². The van der Waals surface area contributed by atoms with Crippen LogP contribution in [0.5, 0.6) is 5.88 Å². The highest BCUT2D eigenvalue weighted by Gasteiger charge is 2.08. The van der Waals surface area contributed by atoms with Gasteiger partial charge >= 0.3 is 0 Å². The Kier molecular flexibility index (Phi) is 3.96. The summed E-state index contributed by atoms with van der Waals surface area (Å²) in [6.45, 7) is 0. The molecule has 1 heterocycles. The predicted octanol–water partition coefficient (Wildman–Crippen LogP) is 1.54. The van der Waals surface area contributed by atoms with Gasteiger partial charge in [-0.15, -0.1) is 12.3 Å². The summed E-state index contributed by atoms with van der Waals surface area (Å²) in [5.74, 6) is 2.98. The molecule has 0 aromatic carbocycles. The number of rotatable bonds is 4. The summed E-state index contributed by atoms with van der Waals surface area (Å²) in [6, 6.07) is 5.28. The van der Waals surface area contributed by atoms with E-state index in [0.717, 1.165) is 0 Å². The standard InChI is InChI=1S/C11H13NO2/c1-3-4-7-10(13)9-6-5-8-11(12-9)14-2/h1,5-6,8,10,13H,4,7H2,2H3. The maximum atomic E-state index is 9.66. The van der Waals surface area contributed by atoms with Crippen LogP contribution in [0.25, 0.3) is 0 Å². The number of ether oxygens (including phenoxy) is 1. The van der Waals surface area contributed by atoms with Crippen molar-refractivity contribution >= 4 is 0 Å². The average Bonchev–Trinajstić information content (AvgIpc) is 2.26. The summed E-state index contributed by atoms with van der Waals surface area (Å²) >= 11 is 0. The molecule has 74 valence electrons. The van der Waals surface area contributed by atoms with Gasteiger partial charge in [-0.25, -0.2) is 4.98 Å². The van der Waals surface area contributed by atoms with Gasteiger partial charge in [0.2, 0.25) is 5.88 Å². The van der Waals surface area contributed by atoms with Crippen LogP contribution in [0.4, 0.5) is 0 Å². The van der Waals surface area contributed by atoms with E-state index in [1.165, 1.54) is 0 Å². The first kappa shape index (κ1) is 10.6. The fourth-order valence-corrected chi connectivity index (χ4v) is 1.10. The summed E-state index contributed by atoms with van der Waals surface area (Å²) in [5.41, 5.74) is 0.597. The first-order chi connectivity index (χ1) is 6.77. The second-order valence-corrected chi connectivity index (χ2v) is 2.86. The highest BCUT2D eigenvalue weighted by molar-refractivity contribution is 5.17. The molecule has 1 N–H and O–H groups in total. The molecule has 3 heteroatoms. The Morgan fingerprint density at radius 2 is 2.43 bits per heavy atom. The van der Waals surface area contributed by atoms with Crippen molar-refractivity contribution in [2.24, 2.45) is 0 Å².